The molecule has 1 aromatic rings. The number of benzene rings is 1. The van der Waals surface area contributed by atoms with Crippen LogP contribution >= 0.6 is 0 Å². The number of aliphatic hydroxyl groups is 1. The molecule has 0 aromatic heterocycles. The van der Waals surface area contributed by atoms with Crippen molar-refractivity contribution >= 4 is 23.4 Å². The van der Waals surface area contributed by atoms with Gasteiger partial charge in [0, 0.05) is 11.3 Å². The molecule has 0 fully saturated rings. The summed E-state index contributed by atoms with van der Waals surface area (Å²) in [6.07, 6.45) is 0. The Morgan fingerprint density at radius 2 is 1.70 bits per heavy atom. The molecule has 0 aliphatic carbocycles. The number of anilines is 1. The SMILES string of the molecule is CC(C)(CO)NC(=O)C(=O)NC(=O)c1ccc(N)cc1. The van der Waals surface area contributed by atoms with Crippen LogP contribution in [-0.4, -0.2) is 35.0 Å². The van der Waals surface area contributed by atoms with Crippen molar-refractivity contribution in [3.63, 3.8) is 0 Å². The molecule has 7 nitrogen and oxygen atoms in total. The summed E-state index contributed by atoms with van der Waals surface area (Å²) in [5.41, 5.74) is 5.22. The van der Waals surface area contributed by atoms with E-state index in [-0.39, 0.29) is 12.2 Å². The van der Waals surface area contributed by atoms with E-state index in [1.54, 1.807) is 13.8 Å². The number of aliphatic hydroxyl groups excluding tert-OH is 1. The lowest BCUT2D eigenvalue weighted by Crippen LogP contribution is -2.52. The largest absolute Gasteiger partial charge is 0.399 e. The van der Waals surface area contributed by atoms with Crippen LogP contribution in [0.4, 0.5) is 5.69 Å². The lowest BCUT2D eigenvalue weighted by Gasteiger charge is -2.22. The van der Waals surface area contributed by atoms with Crippen molar-refractivity contribution in [2.24, 2.45) is 0 Å². The molecule has 20 heavy (non-hydrogen) atoms. The van der Waals surface area contributed by atoms with E-state index < -0.39 is 23.3 Å². The van der Waals surface area contributed by atoms with E-state index in [1.165, 1.54) is 24.3 Å². The fourth-order valence-corrected chi connectivity index (χ4v) is 1.27. The number of hydrogen-bond donors (Lipinski definition) is 4. The second-order valence-electron chi connectivity index (χ2n) is 4.90. The zero-order valence-corrected chi connectivity index (χ0v) is 11.3. The Morgan fingerprint density at radius 1 is 1.15 bits per heavy atom. The Labute approximate surface area is 116 Å². The normalized spacial score (nSPS) is 10.8. The minimum atomic E-state index is -1.09. The molecule has 0 heterocycles. The quantitative estimate of drug-likeness (QED) is 0.435. The maximum absolute atomic E-state index is 11.7. The zero-order valence-electron chi connectivity index (χ0n) is 11.3. The number of rotatable bonds is 3. The van der Waals surface area contributed by atoms with Gasteiger partial charge < -0.3 is 16.2 Å². The summed E-state index contributed by atoms with van der Waals surface area (Å²) in [6, 6.07) is 5.89. The van der Waals surface area contributed by atoms with Crippen molar-refractivity contribution in [3.8, 4) is 0 Å². The van der Waals surface area contributed by atoms with Gasteiger partial charge in [0.05, 0.1) is 12.1 Å². The Hall–Kier alpha value is -2.41. The fourth-order valence-electron chi connectivity index (χ4n) is 1.27. The number of carbonyl (C=O) groups is 3. The van der Waals surface area contributed by atoms with E-state index >= 15 is 0 Å². The molecule has 0 atom stereocenters. The first-order valence-corrected chi connectivity index (χ1v) is 5.89. The maximum Gasteiger partial charge on any atom is 0.316 e. The molecule has 0 saturated heterocycles. The molecule has 0 radical (unpaired) electrons. The Morgan fingerprint density at radius 3 is 2.20 bits per heavy atom. The van der Waals surface area contributed by atoms with Crippen LogP contribution in [0.5, 0.6) is 0 Å². The van der Waals surface area contributed by atoms with Crippen LogP contribution in [0.3, 0.4) is 0 Å². The first kappa shape index (κ1) is 15.6. The minimum Gasteiger partial charge on any atom is -0.399 e. The van der Waals surface area contributed by atoms with Gasteiger partial charge in [-0.3, -0.25) is 19.7 Å². The van der Waals surface area contributed by atoms with Gasteiger partial charge in [0.2, 0.25) is 0 Å². The number of imide groups is 1. The molecule has 0 unspecified atom stereocenters. The summed E-state index contributed by atoms with van der Waals surface area (Å²) in [6.45, 7) is 2.75. The predicted molar refractivity (Wildman–Crippen MR) is 72.6 cm³/mol. The second kappa shape index (κ2) is 6.16. The van der Waals surface area contributed by atoms with Gasteiger partial charge >= 0.3 is 11.8 Å². The molecule has 5 N–H and O–H groups in total. The molecule has 0 saturated carbocycles. The molecular formula is C13H17N3O4. The summed E-state index contributed by atoms with van der Waals surface area (Å²) >= 11 is 0. The van der Waals surface area contributed by atoms with Crippen molar-refractivity contribution in [2.45, 2.75) is 19.4 Å². The van der Waals surface area contributed by atoms with Gasteiger partial charge in [0.15, 0.2) is 0 Å². The summed E-state index contributed by atoms with van der Waals surface area (Å²) in [5.74, 6) is -2.78. The molecule has 0 bridgehead atoms. The van der Waals surface area contributed by atoms with E-state index in [0.717, 1.165) is 0 Å². The highest BCUT2D eigenvalue weighted by Gasteiger charge is 2.25. The average Bonchev–Trinajstić information content (AvgIpc) is 2.38. The van der Waals surface area contributed by atoms with Crippen LogP contribution in [-0.2, 0) is 9.59 Å². The van der Waals surface area contributed by atoms with Gasteiger partial charge in [-0.1, -0.05) is 0 Å². The molecule has 108 valence electrons. The lowest BCUT2D eigenvalue weighted by atomic mass is 10.1. The van der Waals surface area contributed by atoms with Gasteiger partial charge in [0.25, 0.3) is 5.91 Å². The summed E-state index contributed by atoms with van der Waals surface area (Å²) in [5, 5.41) is 13.2. The predicted octanol–water partition coefficient (Wildman–Crippen LogP) is -0.588. The van der Waals surface area contributed by atoms with Crippen molar-refractivity contribution < 1.29 is 19.5 Å². The number of nitrogens with two attached hydrogens (primary N) is 1. The molecule has 3 amide bonds. The summed E-state index contributed by atoms with van der Waals surface area (Å²) in [7, 11) is 0. The highest BCUT2D eigenvalue weighted by atomic mass is 16.3. The van der Waals surface area contributed by atoms with Gasteiger partial charge in [-0.2, -0.15) is 0 Å². The smallest absolute Gasteiger partial charge is 0.316 e. The molecule has 1 aromatic carbocycles. The zero-order chi connectivity index (χ0) is 15.3. The number of nitrogen functional groups attached to an aromatic ring is 1. The summed E-state index contributed by atoms with van der Waals surface area (Å²) in [4.78, 5) is 34.8. The molecule has 0 aliphatic rings. The fraction of sp³-hybridized carbons (Fsp3) is 0.308. The maximum atomic E-state index is 11.7. The molecule has 0 spiro atoms. The third-order valence-corrected chi connectivity index (χ3v) is 2.45. The topological polar surface area (TPSA) is 122 Å². The van der Waals surface area contributed by atoms with E-state index in [9.17, 15) is 14.4 Å². The van der Waals surface area contributed by atoms with Crippen LogP contribution in [0, 0.1) is 0 Å². The third-order valence-electron chi connectivity index (χ3n) is 2.45. The van der Waals surface area contributed by atoms with Gasteiger partial charge in [-0.25, -0.2) is 0 Å². The van der Waals surface area contributed by atoms with E-state index in [2.05, 4.69) is 5.32 Å². The van der Waals surface area contributed by atoms with Crippen molar-refractivity contribution in [2.75, 3.05) is 12.3 Å². The highest BCUT2D eigenvalue weighted by molar-refractivity contribution is 6.38. The minimum absolute atomic E-state index is 0.210. The Bertz CT molecular complexity index is 523. The van der Waals surface area contributed by atoms with Crippen molar-refractivity contribution in [1.82, 2.24) is 10.6 Å². The molecule has 7 heteroatoms. The van der Waals surface area contributed by atoms with Crippen LogP contribution in [0.15, 0.2) is 24.3 Å². The lowest BCUT2D eigenvalue weighted by molar-refractivity contribution is -0.139. The molecule has 0 aliphatic heterocycles. The highest BCUT2D eigenvalue weighted by Crippen LogP contribution is 2.05. The number of nitrogens with one attached hydrogen (secondary N) is 2. The standard InChI is InChI=1S/C13H17N3O4/c1-13(2,7-17)16-12(20)11(19)15-10(18)8-3-5-9(14)6-4-8/h3-6,17H,7,14H2,1-2H3,(H,16,20)(H,15,18,19). The van der Waals surface area contributed by atoms with E-state index in [0.29, 0.717) is 5.69 Å². The van der Waals surface area contributed by atoms with E-state index in [4.69, 9.17) is 10.8 Å². The van der Waals surface area contributed by atoms with Gasteiger partial charge in [-0.05, 0) is 38.1 Å². The monoisotopic (exact) mass is 279 g/mol. The number of carbonyl (C=O) groups excluding carboxylic acids is 3. The summed E-state index contributed by atoms with van der Waals surface area (Å²) < 4.78 is 0. The van der Waals surface area contributed by atoms with Gasteiger partial charge in [-0.15, -0.1) is 0 Å². The third kappa shape index (κ3) is 4.36. The number of hydrogen-bond acceptors (Lipinski definition) is 5. The van der Waals surface area contributed by atoms with Crippen molar-refractivity contribution in [1.29, 1.82) is 0 Å². The van der Waals surface area contributed by atoms with Crippen LogP contribution in [0.2, 0.25) is 0 Å². The first-order chi connectivity index (χ1) is 9.25. The van der Waals surface area contributed by atoms with Crippen LogP contribution in [0.25, 0.3) is 0 Å². The van der Waals surface area contributed by atoms with Crippen LogP contribution in [0.1, 0.15) is 24.2 Å². The Kier molecular flexibility index (Phi) is 4.82. The first-order valence-electron chi connectivity index (χ1n) is 5.89. The van der Waals surface area contributed by atoms with Gasteiger partial charge in [0.1, 0.15) is 0 Å². The molecular weight excluding hydrogens is 262 g/mol. The molecule has 1 rings (SSSR count). The van der Waals surface area contributed by atoms with E-state index in [1.807, 2.05) is 5.32 Å². The second-order valence-corrected chi connectivity index (χ2v) is 4.90. The average molecular weight is 279 g/mol. The number of amides is 3. The van der Waals surface area contributed by atoms with Crippen molar-refractivity contribution in [3.05, 3.63) is 29.8 Å². The van der Waals surface area contributed by atoms with Crippen LogP contribution < -0.4 is 16.4 Å². The Balaban J connectivity index is 2.64.